The molecule has 1 aliphatic rings. The van der Waals surface area contributed by atoms with Crippen molar-refractivity contribution in [3.05, 3.63) is 54.0 Å². The Kier molecular flexibility index (Phi) is 3.46. The van der Waals surface area contributed by atoms with E-state index in [9.17, 15) is 4.79 Å². The third-order valence-electron chi connectivity index (χ3n) is 3.72. The second-order valence-electron chi connectivity index (χ2n) is 4.87. The van der Waals surface area contributed by atoms with Crippen LogP contribution in [0.5, 0.6) is 5.75 Å². The number of amides is 1. The largest absolute Gasteiger partial charge is 0.496 e. The van der Waals surface area contributed by atoms with Crippen molar-refractivity contribution in [2.45, 2.75) is 18.9 Å². The van der Waals surface area contributed by atoms with Crippen LogP contribution in [0.3, 0.4) is 0 Å². The first-order valence-corrected chi connectivity index (χ1v) is 6.78. The molecule has 104 valence electrons. The molecule has 0 bridgehead atoms. The van der Waals surface area contributed by atoms with Crippen molar-refractivity contribution in [2.24, 2.45) is 0 Å². The van der Waals surface area contributed by atoms with Crippen LogP contribution in [-0.2, 0) is 0 Å². The molecule has 1 amide bonds. The van der Waals surface area contributed by atoms with Crippen LogP contribution in [0.1, 0.15) is 35.0 Å². The van der Waals surface area contributed by atoms with E-state index in [1.54, 1.807) is 19.4 Å². The third-order valence-corrected chi connectivity index (χ3v) is 3.72. The van der Waals surface area contributed by atoms with E-state index >= 15 is 0 Å². The number of methoxy groups -OCH3 is 1. The molecular weight excluding hydrogens is 254 g/mol. The maximum atomic E-state index is 12.7. The maximum Gasteiger partial charge on any atom is 0.258 e. The number of nitrogens with zero attached hydrogens (tertiary/aromatic N) is 1. The number of hydrogen-bond acceptors (Lipinski definition) is 3. The molecule has 0 spiro atoms. The first-order chi connectivity index (χ1) is 9.81. The quantitative estimate of drug-likeness (QED) is 0.860. The van der Waals surface area contributed by atoms with Gasteiger partial charge in [-0.05, 0) is 37.1 Å². The van der Waals surface area contributed by atoms with Gasteiger partial charge in [-0.2, -0.15) is 0 Å². The zero-order valence-corrected chi connectivity index (χ0v) is 11.4. The van der Waals surface area contributed by atoms with Crippen molar-refractivity contribution in [3.63, 3.8) is 0 Å². The normalized spacial score (nSPS) is 18.2. The first kappa shape index (κ1) is 12.8. The van der Waals surface area contributed by atoms with E-state index in [0.29, 0.717) is 11.3 Å². The van der Waals surface area contributed by atoms with Crippen LogP contribution in [0.4, 0.5) is 0 Å². The molecule has 1 aromatic heterocycles. The summed E-state index contributed by atoms with van der Waals surface area (Å²) in [5.74, 6) is 1.47. The van der Waals surface area contributed by atoms with Crippen LogP contribution in [0.2, 0.25) is 0 Å². The predicted molar refractivity (Wildman–Crippen MR) is 74.7 cm³/mol. The van der Waals surface area contributed by atoms with Crippen LogP contribution in [0, 0.1) is 0 Å². The van der Waals surface area contributed by atoms with Gasteiger partial charge in [-0.25, -0.2) is 0 Å². The molecule has 1 aromatic carbocycles. The number of likely N-dealkylation sites (tertiary alicyclic amines) is 1. The van der Waals surface area contributed by atoms with Crippen LogP contribution in [-0.4, -0.2) is 24.5 Å². The number of benzene rings is 1. The number of rotatable bonds is 3. The Morgan fingerprint density at radius 3 is 2.90 bits per heavy atom. The van der Waals surface area contributed by atoms with Gasteiger partial charge in [0.2, 0.25) is 0 Å². The highest BCUT2D eigenvalue weighted by molar-refractivity contribution is 5.97. The molecule has 0 saturated carbocycles. The molecule has 1 saturated heterocycles. The van der Waals surface area contributed by atoms with Gasteiger partial charge in [-0.1, -0.05) is 12.1 Å². The molecule has 3 rings (SSSR count). The van der Waals surface area contributed by atoms with Gasteiger partial charge in [0.1, 0.15) is 11.5 Å². The Bertz CT molecular complexity index is 592. The van der Waals surface area contributed by atoms with E-state index < -0.39 is 0 Å². The molecular formula is C16H17NO3. The lowest BCUT2D eigenvalue weighted by Gasteiger charge is -2.24. The van der Waals surface area contributed by atoms with Crippen LogP contribution in [0.15, 0.2) is 47.1 Å². The Balaban J connectivity index is 1.90. The van der Waals surface area contributed by atoms with Gasteiger partial charge >= 0.3 is 0 Å². The predicted octanol–water partition coefficient (Wildman–Crippen LogP) is 3.27. The minimum Gasteiger partial charge on any atom is -0.496 e. The van der Waals surface area contributed by atoms with Crippen LogP contribution < -0.4 is 4.74 Å². The van der Waals surface area contributed by atoms with Crippen molar-refractivity contribution in [1.82, 2.24) is 4.90 Å². The molecule has 0 unspecified atom stereocenters. The lowest BCUT2D eigenvalue weighted by Crippen LogP contribution is -2.30. The fourth-order valence-electron chi connectivity index (χ4n) is 2.76. The van der Waals surface area contributed by atoms with Gasteiger partial charge in [-0.3, -0.25) is 4.79 Å². The smallest absolute Gasteiger partial charge is 0.258 e. The molecule has 1 fully saturated rings. The molecule has 0 radical (unpaired) electrons. The lowest BCUT2D eigenvalue weighted by atomic mass is 10.1. The van der Waals surface area contributed by atoms with Crippen molar-refractivity contribution in [1.29, 1.82) is 0 Å². The Morgan fingerprint density at radius 2 is 2.15 bits per heavy atom. The summed E-state index contributed by atoms with van der Waals surface area (Å²) in [6.07, 6.45) is 3.58. The molecule has 20 heavy (non-hydrogen) atoms. The topological polar surface area (TPSA) is 42.7 Å². The average molecular weight is 271 g/mol. The molecule has 1 aliphatic heterocycles. The van der Waals surface area contributed by atoms with E-state index in [2.05, 4.69) is 0 Å². The summed E-state index contributed by atoms with van der Waals surface area (Å²) in [6, 6.07) is 11.2. The summed E-state index contributed by atoms with van der Waals surface area (Å²) >= 11 is 0. The van der Waals surface area contributed by atoms with Gasteiger partial charge in [0.05, 0.1) is 25.0 Å². The zero-order valence-electron chi connectivity index (χ0n) is 11.4. The van der Waals surface area contributed by atoms with E-state index in [0.717, 1.165) is 25.1 Å². The fourth-order valence-corrected chi connectivity index (χ4v) is 2.76. The van der Waals surface area contributed by atoms with Crippen LogP contribution in [0.25, 0.3) is 0 Å². The molecule has 0 aliphatic carbocycles. The standard InChI is InChI=1S/C16H17NO3/c1-19-14-8-3-2-6-12(14)16(18)17-10-4-7-13(17)15-9-5-11-20-15/h2-3,5-6,8-9,11,13H,4,7,10H2,1H3/t13-/m0/s1. The number of carbonyl (C=O) groups excluding carboxylic acids is 1. The molecule has 1 atom stereocenters. The number of para-hydroxylation sites is 1. The number of ether oxygens (including phenoxy) is 1. The summed E-state index contributed by atoms with van der Waals surface area (Å²) in [5.41, 5.74) is 0.605. The highest BCUT2D eigenvalue weighted by Gasteiger charge is 2.33. The summed E-state index contributed by atoms with van der Waals surface area (Å²) in [7, 11) is 1.58. The summed E-state index contributed by atoms with van der Waals surface area (Å²) < 4.78 is 10.7. The van der Waals surface area contributed by atoms with E-state index in [1.807, 2.05) is 35.2 Å². The Hall–Kier alpha value is -2.23. The average Bonchev–Trinajstić information content (AvgIpc) is 3.16. The maximum absolute atomic E-state index is 12.7. The monoisotopic (exact) mass is 271 g/mol. The van der Waals surface area contributed by atoms with Gasteiger partial charge in [0.15, 0.2) is 0 Å². The number of hydrogen-bond donors (Lipinski definition) is 0. The highest BCUT2D eigenvalue weighted by atomic mass is 16.5. The minimum atomic E-state index is 0.00125. The number of carbonyl (C=O) groups is 1. The van der Waals surface area contributed by atoms with Crippen molar-refractivity contribution >= 4 is 5.91 Å². The Labute approximate surface area is 118 Å². The zero-order chi connectivity index (χ0) is 13.9. The molecule has 4 nitrogen and oxygen atoms in total. The first-order valence-electron chi connectivity index (χ1n) is 6.78. The van der Waals surface area contributed by atoms with Gasteiger partial charge < -0.3 is 14.1 Å². The summed E-state index contributed by atoms with van der Waals surface area (Å²) in [5, 5.41) is 0. The van der Waals surface area contributed by atoms with Gasteiger partial charge in [0.25, 0.3) is 5.91 Å². The van der Waals surface area contributed by atoms with Crippen molar-refractivity contribution in [2.75, 3.05) is 13.7 Å². The molecule has 4 heteroatoms. The van der Waals surface area contributed by atoms with Crippen LogP contribution >= 0.6 is 0 Å². The summed E-state index contributed by atoms with van der Waals surface area (Å²) in [4.78, 5) is 14.6. The SMILES string of the molecule is COc1ccccc1C(=O)N1CCC[C@H]1c1ccco1. The Morgan fingerprint density at radius 1 is 1.30 bits per heavy atom. The van der Waals surface area contributed by atoms with E-state index in [-0.39, 0.29) is 11.9 Å². The van der Waals surface area contributed by atoms with E-state index in [4.69, 9.17) is 9.15 Å². The minimum absolute atomic E-state index is 0.00125. The second kappa shape index (κ2) is 5.41. The highest BCUT2D eigenvalue weighted by Crippen LogP contribution is 2.34. The van der Waals surface area contributed by atoms with Gasteiger partial charge in [0, 0.05) is 6.54 Å². The van der Waals surface area contributed by atoms with Crippen molar-refractivity contribution in [3.8, 4) is 5.75 Å². The van der Waals surface area contributed by atoms with Gasteiger partial charge in [-0.15, -0.1) is 0 Å². The number of furan rings is 1. The fraction of sp³-hybridized carbons (Fsp3) is 0.312. The lowest BCUT2D eigenvalue weighted by molar-refractivity contribution is 0.0716. The summed E-state index contributed by atoms with van der Waals surface area (Å²) in [6.45, 7) is 0.752. The molecule has 0 N–H and O–H groups in total. The van der Waals surface area contributed by atoms with Crippen molar-refractivity contribution < 1.29 is 13.9 Å². The molecule has 2 aromatic rings. The second-order valence-corrected chi connectivity index (χ2v) is 4.87. The molecule has 2 heterocycles. The van der Waals surface area contributed by atoms with E-state index in [1.165, 1.54) is 0 Å². The third kappa shape index (κ3) is 2.18.